The van der Waals surface area contributed by atoms with Crippen molar-refractivity contribution in [1.29, 1.82) is 0 Å². The first-order valence-electron chi connectivity index (χ1n) is 9.80. The number of aliphatic hydroxyl groups is 1. The van der Waals surface area contributed by atoms with Gasteiger partial charge in [-0.05, 0) is 63.0 Å². The highest BCUT2D eigenvalue weighted by atomic mass is 19.1. The van der Waals surface area contributed by atoms with Crippen molar-refractivity contribution in [2.45, 2.75) is 12.5 Å². The van der Waals surface area contributed by atoms with Gasteiger partial charge in [0.25, 0.3) is 11.7 Å². The molecule has 2 aromatic rings. The van der Waals surface area contributed by atoms with E-state index >= 15 is 0 Å². The van der Waals surface area contributed by atoms with Crippen LogP contribution in [0.15, 0.2) is 48.0 Å². The molecule has 0 saturated carbocycles. The number of ketones is 1. The Labute approximate surface area is 180 Å². The van der Waals surface area contributed by atoms with Gasteiger partial charge in [-0.1, -0.05) is 12.1 Å². The van der Waals surface area contributed by atoms with E-state index in [-0.39, 0.29) is 29.2 Å². The second-order valence-corrected chi connectivity index (χ2v) is 7.59. The number of Topliss-reactive ketones (excluding diaryl/α,β-unsaturated/α-hetero) is 1. The van der Waals surface area contributed by atoms with Crippen molar-refractivity contribution in [2.75, 3.05) is 34.3 Å². The predicted molar refractivity (Wildman–Crippen MR) is 113 cm³/mol. The zero-order valence-electron chi connectivity index (χ0n) is 17.6. The highest BCUT2D eigenvalue weighted by molar-refractivity contribution is 6.46. The van der Waals surface area contributed by atoms with Crippen LogP contribution < -0.4 is 4.74 Å². The summed E-state index contributed by atoms with van der Waals surface area (Å²) in [5.74, 6) is -2.84. The Balaban J connectivity index is 2.11. The molecule has 0 aliphatic carbocycles. The number of carbonyl (C=O) groups is 2. The van der Waals surface area contributed by atoms with Gasteiger partial charge in [0.05, 0.1) is 18.7 Å². The highest BCUT2D eigenvalue weighted by Gasteiger charge is 2.45. The third-order valence-electron chi connectivity index (χ3n) is 5.16. The predicted octanol–water partition coefficient (Wildman–Crippen LogP) is 2.91. The van der Waals surface area contributed by atoms with Gasteiger partial charge in [0.1, 0.15) is 11.5 Å². The van der Waals surface area contributed by atoms with Crippen molar-refractivity contribution < 1.29 is 28.9 Å². The van der Waals surface area contributed by atoms with Crippen molar-refractivity contribution in [2.24, 2.45) is 0 Å². The number of likely N-dealkylation sites (tertiary alicyclic amines) is 1. The topological polar surface area (TPSA) is 90.3 Å². The number of phenols is 1. The molecule has 0 aromatic heterocycles. The van der Waals surface area contributed by atoms with E-state index in [1.54, 1.807) is 12.1 Å². The van der Waals surface area contributed by atoms with Crippen LogP contribution in [0.3, 0.4) is 0 Å². The molecule has 0 spiro atoms. The van der Waals surface area contributed by atoms with Gasteiger partial charge in [-0.15, -0.1) is 0 Å². The van der Waals surface area contributed by atoms with Crippen LogP contribution in [0.4, 0.5) is 4.39 Å². The normalized spacial score (nSPS) is 18.1. The van der Waals surface area contributed by atoms with Gasteiger partial charge >= 0.3 is 0 Å². The van der Waals surface area contributed by atoms with E-state index in [2.05, 4.69) is 0 Å². The molecule has 7 nitrogen and oxygen atoms in total. The second kappa shape index (κ2) is 9.18. The molecular weight excluding hydrogens is 403 g/mol. The lowest BCUT2D eigenvalue weighted by molar-refractivity contribution is -0.139. The van der Waals surface area contributed by atoms with E-state index in [0.29, 0.717) is 18.5 Å². The lowest BCUT2D eigenvalue weighted by Crippen LogP contribution is -2.32. The summed E-state index contributed by atoms with van der Waals surface area (Å²) in [7, 11) is 5.12. The standard InChI is InChI=1S/C23H25FN2O5/c1-25(2)10-5-11-26-20(14-6-4-7-16(27)12-14)19(22(29)23(26)30)21(28)15-8-9-18(31-3)17(24)13-15/h4,6-9,12-13,20,27-28H,5,10-11H2,1-3H3/t20-/m0/s1. The maximum atomic E-state index is 14.2. The van der Waals surface area contributed by atoms with Crippen molar-refractivity contribution >= 4 is 17.4 Å². The largest absolute Gasteiger partial charge is 0.508 e. The number of benzene rings is 2. The van der Waals surface area contributed by atoms with Gasteiger partial charge in [0.15, 0.2) is 11.6 Å². The van der Waals surface area contributed by atoms with Crippen LogP contribution in [0.5, 0.6) is 11.5 Å². The summed E-state index contributed by atoms with van der Waals surface area (Å²) >= 11 is 0. The van der Waals surface area contributed by atoms with Crippen LogP contribution in [-0.2, 0) is 9.59 Å². The average molecular weight is 428 g/mol. The molecule has 3 rings (SSSR count). The summed E-state index contributed by atoms with van der Waals surface area (Å²) in [5, 5.41) is 20.9. The highest BCUT2D eigenvalue weighted by Crippen LogP contribution is 2.40. The number of aliphatic hydroxyl groups excluding tert-OH is 1. The summed E-state index contributed by atoms with van der Waals surface area (Å²) in [5.41, 5.74) is 0.374. The maximum absolute atomic E-state index is 14.2. The lowest BCUT2D eigenvalue weighted by Gasteiger charge is -2.26. The smallest absolute Gasteiger partial charge is 0.295 e. The Morgan fingerprint density at radius 2 is 1.94 bits per heavy atom. The lowest BCUT2D eigenvalue weighted by atomic mass is 9.95. The minimum absolute atomic E-state index is 0.00906. The number of nitrogens with zero attached hydrogens (tertiary/aromatic N) is 2. The van der Waals surface area contributed by atoms with Gasteiger partial charge in [0.2, 0.25) is 0 Å². The summed E-state index contributed by atoms with van der Waals surface area (Å²) in [6.45, 7) is 0.969. The Hall–Kier alpha value is -3.39. The molecule has 0 radical (unpaired) electrons. The first kappa shape index (κ1) is 22.3. The number of hydrogen-bond acceptors (Lipinski definition) is 6. The molecule has 31 heavy (non-hydrogen) atoms. The number of hydrogen-bond donors (Lipinski definition) is 2. The minimum atomic E-state index is -0.903. The first-order valence-corrected chi connectivity index (χ1v) is 9.80. The monoisotopic (exact) mass is 428 g/mol. The molecular formula is C23H25FN2O5. The molecule has 1 atom stereocenters. The Kier molecular flexibility index (Phi) is 6.60. The molecule has 1 saturated heterocycles. The van der Waals surface area contributed by atoms with Gasteiger partial charge in [-0.3, -0.25) is 9.59 Å². The number of ether oxygens (including phenoxy) is 1. The minimum Gasteiger partial charge on any atom is -0.508 e. The number of amides is 1. The molecule has 1 heterocycles. The SMILES string of the molecule is COc1ccc(C(O)=C2C(=O)C(=O)N(CCCN(C)C)[C@H]2c2cccc(O)c2)cc1F. The van der Waals surface area contributed by atoms with Gasteiger partial charge in [-0.25, -0.2) is 4.39 Å². The fourth-order valence-electron chi connectivity index (χ4n) is 3.68. The van der Waals surface area contributed by atoms with Crippen LogP contribution >= 0.6 is 0 Å². The molecule has 1 fully saturated rings. The van der Waals surface area contributed by atoms with E-state index in [1.807, 2.05) is 19.0 Å². The first-order chi connectivity index (χ1) is 14.7. The van der Waals surface area contributed by atoms with Crippen LogP contribution in [0.2, 0.25) is 0 Å². The summed E-state index contributed by atoms with van der Waals surface area (Å²) in [6.07, 6.45) is 0.604. The Morgan fingerprint density at radius 1 is 1.19 bits per heavy atom. The van der Waals surface area contributed by atoms with Crippen LogP contribution in [-0.4, -0.2) is 66.0 Å². The zero-order valence-corrected chi connectivity index (χ0v) is 17.6. The molecule has 2 N–H and O–H groups in total. The van der Waals surface area contributed by atoms with Crippen LogP contribution in [0, 0.1) is 5.82 Å². The summed E-state index contributed by atoms with van der Waals surface area (Å²) in [6, 6.07) is 9.07. The Morgan fingerprint density at radius 3 is 2.55 bits per heavy atom. The summed E-state index contributed by atoms with van der Waals surface area (Å²) < 4.78 is 19.1. The van der Waals surface area contributed by atoms with Gasteiger partial charge < -0.3 is 24.7 Å². The van der Waals surface area contributed by atoms with Crippen molar-refractivity contribution in [1.82, 2.24) is 9.80 Å². The quantitative estimate of drug-likeness (QED) is 0.400. The molecule has 0 bridgehead atoms. The summed E-state index contributed by atoms with van der Waals surface area (Å²) in [4.78, 5) is 29.1. The second-order valence-electron chi connectivity index (χ2n) is 7.59. The van der Waals surface area contributed by atoms with Crippen molar-refractivity contribution in [3.63, 3.8) is 0 Å². The van der Waals surface area contributed by atoms with E-state index in [4.69, 9.17) is 4.74 Å². The number of halogens is 1. The van der Waals surface area contributed by atoms with E-state index < -0.39 is 29.3 Å². The maximum Gasteiger partial charge on any atom is 0.295 e. The molecule has 8 heteroatoms. The third-order valence-corrected chi connectivity index (χ3v) is 5.16. The number of phenolic OH excluding ortho intramolecular Hbond substituents is 1. The third kappa shape index (κ3) is 4.54. The number of aromatic hydroxyl groups is 1. The number of carbonyl (C=O) groups excluding carboxylic acids is 2. The molecule has 0 unspecified atom stereocenters. The molecule has 1 aliphatic rings. The van der Waals surface area contributed by atoms with E-state index in [9.17, 15) is 24.2 Å². The average Bonchev–Trinajstić information content (AvgIpc) is 2.98. The molecule has 164 valence electrons. The molecule has 2 aromatic carbocycles. The van der Waals surface area contributed by atoms with Crippen LogP contribution in [0.1, 0.15) is 23.6 Å². The van der Waals surface area contributed by atoms with E-state index in [1.165, 1.54) is 36.3 Å². The van der Waals surface area contributed by atoms with E-state index in [0.717, 1.165) is 6.07 Å². The van der Waals surface area contributed by atoms with Crippen molar-refractivity contribution in [3.05, 3.63) is 65.0 Å². The zero-order chi connectivity index (χ0) is 22.7. The van der Waals surface area contributed by atoms with Crippen molar-refractivity contribution in [3.8, 4) is 11.5 Å². The number of rotatable bonds is 7. The van der Waals surface area contributed by atoms with Gasteiger partial charge in [0, 0.05) is 12.1 Å². The number of methoxy groups -OCH3 is 1. The fourth-order valence-corrected chi connectivity index (χ4v) is 3.68. The molecule has 1 aliphatic heterocycles. The Bertz CT molecular complexity index is 1030. The molecule has 1 amide bonds. The van der Waals surface area contributed by atoms with Gasteiger partial charge in [-0.2, -0.15) is 0 Å². The fraction of sp³-hybridized carbons (Fsp3) is 0.304. The van der Waals surface area contributed by atoms with Crippen LogP contribution in [0.25, 0.3) is 5.76 Å².